The predicted octanol–water partition coefficient (Wildman–Crippen LogP) is 2.46. The number of aromatic nitrogens is 1. The van der Waals surface area contributed by atoms with Gasteiger partial charge in [-0.25, -0.2) is 13.2 Å². The molecule has 0 aliphatic heterocycles. The van der Waals surface area contributed by atoms with Crippen molar-refractivity contribution in [2.24, 2.45) is 5.92 Å². The third-order valence-corrected chi connectivity index (χ3v) is 5.85. The highest BCUT2D eigenvalue weighted by atomic mass is 32.2. The zero-order valence-corrected chi connectivity index (χ0v) is 17.6. The molecular formula is C20H23N3O6S. The van der Waals surface area contributed by atoms with E-state index in [0.717, 1.165) is 0 Å². The molecule has 9 nitrogen and oxygen atoms in total. The summed E-state index contributed by atoms with van der Waals surface area (Å²) in [5.41, 5.74) is 1.02. The summed E-state index contributed by atoms with van der Waals surface area (Å²) in [6.07, 6.45) is 0.294. The van der Waals surface area contributed by atoms with Gasteiger partial charge < -0.3 is 14.5 Å². The van der Waals surface area contributed by atoms with Gasteiger partial charge in [-0.2, -0.15) is 4.72 Å². The summed E-state index contributed by atoms with van der Waals surface area (Å²) >= 11 is 0. The number of aromatic amines is 1. The van der Waals surface area contributed by atoms with Gasteiger partial charge in [-0.3, -0.25) is 9.78 Å². The Morgan fingerprint density at radius 3 is 2.50 bits per heavy atom. The summed E-state index contributed by atoms with van der Waals surface area (Å²) in [7, 11) is -2.50. The van der Waals surface area contributed by atoms with Crippen LogP contribution in [0.15, 0.2) is 56.6 Å². The maximum absolute atomic E-state index is 12.9. The zero-order chi connectivity index (χ0) is 21.9. The van der Waals surface area contributed by atoms with E-state index in [1.807, 2.05) is 13.8 Å². The quantitative estimate of drug-likeness (QED) is 0.500. The van der Waals surface area contributed by atoms with Crippen molar-refractivity contribution >= 4 is 32.7 Å². The molecule has 0 bridgehead atoms. The Morgan fingerprint density at radius 2 is 1.87 bits per heavy atom. The van der Waals surface area contributed by atoms with Crippen LogP contribution in [0.5, 0.6) is 5.75 Å². The van der Waals surface area contributed by atoms with Crippen LogP contribution in [0.3, 0.4) is 0 Å². The van der Waals surface area contributed by atoms with Gasteiger partial charge in [0.05, 0.1) is 17.5 Å². The van der Waals surface area contributed by atoms with Crippen molar-refractivity contribution in [3.05, 3.63) is 53.0 Å². The smallest absolute Gasteiger partial charge is 0.417 e. The van der Waals surface area contributed by atoms with Crippen molar-refractivity contribution in [3.8, 4) is 5.75 Å². The van der Waals surface area contributed by atoms with Gasteiger partial charge in [0, 0.05) is 11.8 Å². The molecule has 0 saturated carbocycles. The fourth-order valence-electron chi connectivity index (χ4n) is 2.93. The number of hydrogen-bond donors (Lipinski definition) is 3. The molecule has 0 spiro atoms. The van der Waals surface area contributed by atoms with Crippen LogP contribution in [0.1, 0.15) is 20.3 Å². The number of carbonyl (C=O) groups is 1. The average Bonchev–Trinajstić information content (AvgIpc) is 3.06. The van der Waals surface area contributed by atoms with Crippen LogP contribution in [0, 0.1) is 5.92 Å². The minimum atomic E-state index is -4.04. The number of oxazole rings is 1. The maximum Gasteiger partial charge on any atom is 0.417 e. The molecule has 3 aromatic rings. The molecule has 1 unspecified atom stereocenters. The molecule has 160 valence electrons. The lowest BCUT2D eigenvalue weighted by atomic mass is 10.0. The molecular weight excluding hydrogens is 410 g/mol. The van der Waals surface area contributed by atoms with E-state index in [1.165, 1.54) is 25.3 Å². The fraction of sp³-hybridized carbons (Fsp3) is 0.300. The normalized spacial score (nSPS) is 12.8. The van der Waals surface area contributed by atoms with E-state index in [1.54, 1.807) is 24.3 Å². The number of anilines is 1. The van der Waals surface area contributed by atoms with E-state index in [2.05, 4.69) is 15.0 Å². The van der Waals surface area contributed by atoms with E-state index >= 15 is 0 Å². The van der Waals surface area contributed by atoms with E-state index in [4.69, 9.17) is 9.15 Å². The number of hydrogen-bond acceptors (Lipinski definition) is 6. The Hall–Kier alpha value is -3.11. The number of ether oxygens (including phenoxy) is 1. The summed E-state index contributed by atoms with van der Waals surface area (Å²) in [6.45, 7) is 3.78. The second-order valence-electron chi connectivity index (χ2n) is 7.19. The van der Waals surface area contributed by atoms with Crippen LogP contribution in [-0.2, 0) is 14.8 Å². The number of sulfonamides is 1. The van der Waals surface area contributed by atoms with Crippen molar-refractivity contribution in [2.75, 3.05) is 12.4 Å². The van der Waals surface area contributed by atoms with Crippen molar-refractivity contribution in [1.82, 2.24) is 9.71 Å². The first kappa shape index (κ1) is 21.6. The summed E-state index contributed by atoms with van der Waals surface area (Å²) in [4.78, 5) is 26.4. The van der Waals surface area contributed by atoms with Crippen LogP contribution < -0.4 is 20.5 Å². The lowest BCUT2D eigenvalue weighted by Gasteiger charge is -2.20. The molecule has 1 amide bonds. The number of H-pyrrole nitrogens is 1. The summed E-state index contributed by atoms with van der Waals surface area (Å²) in [5, 5.41) is 2.72. The van der Waals surface area contributed by atoms with Crippen molar-refractivity contribution in [3.63, 3.8) is 0 Å². The Bertz CT molecular complexity index is 1200. The third-order valence-electron chi connectivity index (χ3n) is 4.38. The van der Waals surface area contributed by atoms with Gasteiger partial charge >= 0.3 is 5.76 Å². The van der Waals surface area contributed by atoms with Crippen LogP contribution in [0.2, 0.25) is 0 Å². The second kappa shape index (κ2) is 8.72. The van der Waals surface area contributed by atoms with Gasteiger partial charge in [0.25, 0.3) is 0 Å². The first-order valence-corrected chi connectivity index (χ1v) is 10.8. The molecule has 0 aliphatic rings. The topological polar surface area (TPSA) is 130 Å². The molecule has 0 aliphatic carbocycles. The molecule has 3 N–H and O–H groups in total. The maximum atomic E-state index is 12.9. The fourth-order valence-corrected chi connectivity index (χ4v) is 4.16. The van der Waals surface area contributed by atoms with E-state index in [9.17, 15) is 18.0 Å². The number of rotatable bonds is 8. The van der Waals surface area contributed by atoms with Crippen LogP contribution in [0.4, 0.5) is 5.69 Å². The number of methoxy groups -OCH3 is 1. The first-order valence-electron chi connectivity index (χ1n) is 9.28. The van der Waals surface area contributed by atoms with E-state index in [0.29, 0.717) is 23.4 Å². The minimum Gasteiger partial charge on any atom is -0.497 e. The molecule has 1 aromatic heterocycles. The lowest BCUT2D eigenvalue weighted by Crippen LogP contribution is -2.44. The Labute approximate surface area is 173 Å². The number of fused-ring (bicyclic) bond motifs is 1. The average molecular weight is 433 g/mol. The minimum absolute atomic E-state index is 0.0597. The van der Waals surface area contributed by atoms with Crippen molar-refractivity contribution in [2.45, 2.75) is 31.2 Å². The largest absolute Gasteiger partial charge is 0.497 e. The van der Waals surface area contributed by atoms with E-state index < -0.39 is 27.7 Å². The molecule has 1 heterocycles. The molecule has 30 heavy (non-hydrogen) atoms. The van der Waals surface area contributed by atoms with Crippen LogP contribution >= 0.6 is 0 Å². The molecule has 1 atom stereocenters. The summed E-state index contributed by atoms with van der Waals surface area (Å²) in [5.74, 6) is -0.459. The zero-order valence-electron chi connectivity index (χ0n) is 16.8. The lowest BCUT2D eigenvalue weighted by molar-refractivity contribution is -0.118. The van der Waals surface area contributed by atoms with Gasteiger partial charge in [0.1, 0.15) is 11.8 Å². The second-order valence-corrected chi connectivity index (χ2v) is 8.91. The number of nitrogens with one attached hydrogen (secondary N) is 3. The SMILES string of the molecule is COc1ccc(NC(=O)C(CC(C)C)NS(=O)(=O)c2ccc3[nH]c(=O)oc3c2)cc1. The summed E-state index contributed by atoms with van der Waals surface area (Å²) in [6, 6.07) is 9.73. The van der Waals surface area contributed by atoms with E-state index in [-0.39, 0.29) is 16.4 Å². The number of benzene rings is 2. The van der Waals surface area contributed by atoms with Crippen LogP contribution in [-0.4, -0.2) is 32.5 Å². The van der Waals surface area contributed by atoms with Gasteiger partial charge in [-0.1, -0.05) is 13.8 Å². The standard InChI is InChI=1S/C20H23N3O6S/c1-12(2)10-17(19(24)21-13-4-6-14(28-3)7-5-13)23-30(26,27)15-8-9-16-18(11-15)29-20(25)22-16/h4-9,11-12,17,23H,10H2,1-3H3,(H,21,24)(H,22,25). The monoisotopic (exact) mass is 433 g/mol. The molecule has 10 heteroatoms. The van der Waals surface area contributed by atoms with Crippen molar-refractivity contribution in [1.29, 1.82) is 0 Å². The Morgan fingerprint density at radius 1 is 1.17 bits per heavy atom. The highest BCUT2D eigenvalue weighted by molar-refractivity contribution is 7.89. The number of carbonyl (C=O) groups excluding carboxylic acids is 1. The molecule has 0 radical (unpaired) electrons. The van der Waals surface area contributed by atoms with Gasteiger partial charge in [-0.05, 0) is 48.7 Å². The highest BCUT2D eigenvalue weighted by Crippen LogP contribution is 2.19. The molecule has 0 fully saturated rings. The van der Waals surface area contributed by atoms with Crippen molar-refractivity contribution < 1.29 is 22.4 Å². The number of amides is 1. The summed E-state index contributed by atoms with van der Waals surface area (Å²) < 4.78 is 38.2. The highest BCUT2D eigenvalue weighted by Gasteiger charge is 2.27. The van der Waals surface area contributed by atoms with Gasteiger partial charge in [0.15, 0.2) is 5.58 Å². The molecule has 3 rings (SSSR count). The molecule has 0 saturated heterocycles. The predicted molar refractivity (Wildman–Crippen MR) is 112 cm³/mol. The first-order chi connectivity index (χ1) is 14.2. The van der Waals surface area contributed by atoms with Gasteiger partial charge in [-0.15, -0.1) is 0 Å². The Kier molecular flexibility index (Phi) is 6.28. The Balaban J connectivity index is 1.82. The third kappa shape index (κ3) is 5.08. The van der Waals surface area contributed by atoms with Gasteiger partial charge in [0.2, 0.25) is 15.9 Å². The molecule has 2 aromatic carbocycles. The van der Waals surface area contributed by atoms with Crippen LogP contribution in [0.25, 0.3) is 11.1 Å².